The Hall–Kier alpha value is -3.45. The Labute approximate surface area is 172 Å². The summed E-state index contributed by atoms with van der Waals surface area (Å²) in [6.45, 7) is 1.52. The molecule has 29 heavy (non-hydrogen) atoms. The van der Waals surface area contributed by atoms with E-state index in [1.807, 2.05) is 37.3 Å². The van der Waals surface area contributed by atoms with Crippen molar-refractivity contribution in [1.82, 2.24) is 0 Å². The molecule has 6 nitrogen and oxygen atoms in total. The summed E-state index contributed by atoms with van der Waals surface area (Å²) in [5, 5.41) is 4.37. The molecule has 7 heteroatoms. The SMILES string of the molecule is COC(=O)c1ccccc1NC(=O)COC(=O)c1sccc1-c1ccc(C)cc1. The van der Waals surface area contributed by atoms with Crippen molar-refractivity contribution in [3.05, 3.63) is 76.0 Å². The fraction of sp³-hybridized carbons (Fsp3) is 0.136. The van der Waals surface area contributed by atoms with E-state index in [0.29, 0.717) is 4.88 Å². The van der Waals surface area contributed by atoms with Gasteiger partial charge in [0.1, 0.15) is 4.88 Å². The maximum Gasteiger partial charge on any atom is 0.349 e. The lowest BCUT2D eigenvalue weighted by molar-refractivity contribution is -0.119. The average molecular weight is 409 g/mol. The van der Waals surface area contributed by atoms with Gasteiger partial charge in [-0.1, -0.05) is 42.0 Å². The van der Waals surface area contributed by atoms with Crippen LogP contribution in [0.15, 0.2) is 60.0 Å². The van der Waals surface area contributed by atoms with Crippen molar-refractivity contribution < 1.29 is 23.9 Å². The van der Waals surface area contributed by atoms with Gasteiger partial charge in [0.15, 0.2) is 6.61 Å². The number of esters is 2. The Morgan fingerprint density at radius 3 is 2.41 bits per heavy atom. The molecule has 0 fully saturated rings. The minimum absolute atomic E-state index is 0.217. The second-order valence-electron chi connectivity index (χ2n) is 6.19. The highest BCUT2D eigenvalue weighted by atomic mass is 32.1. The van der Waals surface area contributed by atoms with Crippen molar-refractivity contribution >= 4 is 34.9 Å². The van der Waals surface area contributed by atoms with E-state index < -0.39 is 24.5 Å². The summed E-state index contributed by atoms with van der Waals surface area (Å²) in [5.74, 6) is -1.70. The molecule has 0 aliphatic carbocycles. The first-order valence-corrected chi connectivity index (χ1v) is 9.66. The summed E-state index contributed by atoms with van der Waals surface area (Å²) in [4.78, 5) is 36.9. The Kier molecular flexibility index (Phi) is 6.41. The summed E-state index contributed by atoms with van der Waals surface area (Å²) in [7, 11) is 1.26. The molecule has 0 aliphatic heterocycles. The molecular formula is C22H19NO5S. The molecule has 0 unspecified atom stereocenters. The third kappa shape index (κ3) is 4.89. The number of hydrogen-bond donors (Lipinski definition) is 1. The molecule has 0 bridgehead atoms. The lowest BCUT2D eigenvalue weighted by Crippen LogP contribution is -2.22. The number of methoxy groups -OCH3 is 1. The molecule has 1 aromatic heterocycles. The minimum atomic E-state index is -0.577. The van der Waals surface area contributed by atoms with Crippen LogP contribution in [0.2, 0.25) is 0 Å². The van der Waals surface area contributed by atoms with E-state index in [-0.39, 0.29) is 11.3 Å². The smallest absolute Gasteiger partial charge is 0.349 e. The highest BCUT2D eigenvalue weighted by Gasteiger charge is 2.18. The number of ether oxygens (including phenoxy) is 2. The number of para-hydroxylation sites is 1. The Bertz CT molecular complexity index is 1040. The number of nitrogens with one attached hydrogen (secondary N) is 1. The molecule has 1 heterocycles. The second-order valence-corrected chi connectivity index (χ2v) is 7.11. The van der Waals surface area contributed by atoms with E-state index in [1.165, 1.54) is 24.5 Å². The summed E-state index contributed by atoms with van der Waals surface area (Å²) < 4.78 is 9.87. The minimum Gasteiger partial charge on any atom is -0.465 e. The molecular weight excluding hydrogens is 390 g/mol. The maximum absolute atomic E-state index is 12.5. The molecule has 0 radical (unpaired) electrons. The van der Waals surface area contributed by atoms with Crippen LogP contribution >= 0.6 is 11.3 Å². The summed E-state index contributed by atoms with van der Waals surface area (Å²) in [6.07, 6.45) is 0. The number of carbonyl (C=O) groups is 3. The fourth-order valence-electron chi connectivity index (χ4n) is 2.69. The molecule has 0 saturated heterocycles. The Morgan fingerprint density at radius 2 is 1.69 bits per heavy atom. The first-order chi connectivity index (χ1) is 14.0. The monoisotopic (exact) mass is 409 g/mol. The van der Waals surface area contributed by atoms with Crippen LogP contribution in [0.3, 0.4) is 0 Å². The van der Waals surface area contributed by atoms with Gasteiger partial charge in [-0.15, -0.1) is 11.3 Å². The van der Waals surface area contributed by atoms with Crippen molar-refractivity contribution in [1.29, 1.82) is 0 Å². The van der Waals surface area contributed by atoms with Crippen molar-refractivity contribution in [3.63, 3.8) is 0 Å². The number of hydrogen-bond acceptors (Lipinski definition) is 6. The third-order valence-corrected chi connectivity index (χ3v) is 5.05. The standard InChI is InChI=1S/C22H19NO5S/c1-14-7-9-15(10-8-14)16-11-12-29-20(16)22(26)28-13-19(24)23-18-6-4-3-5-17(18)21(25)27-2/h3-12H,13H2,1-2H3,(H,23,24). The van der Waals surface area contributed by atoms with Gasteiger partial charge in [0, 0.05) is 5.56 Å². The number of anilines is 1. The normalized spacial score (nSPS) is 10.3. The molecule has 1 N–H and O–H groups in total. The van der Waals surface area contributed by atoms with Gasteiger partial charge in [-0.3, -0.25) is 4.79 Å². The first-order valence-electron chi connectivity index (χ1n) is 8.78. The van der Waals surface area contributed by atoms with Gasteiger partial charge in [0.2, 0.25) is 0 Å². The zero-order valence-corrected chi connectivity index (χ0v) is 16.7. The van der Waals surface area contributed by atoms with Crippen molar-refractivity contribution in [2.75, 3.05) is 19.0 Å². The molecule has 0 aliphatic rings. The van der Waals surface area contributed by atoms with Crippen LogP contribution in [-0.2, 0) is 14.3 Å². The van der Waals surface area contributed by atoms with Crippen molar-refractivity contribution in [2.24, 2.45) is 0 Å². The molecule has 0 spiro atoms. The van der Waals surface area contributed by atoms with E-state index >= 15 is 0 Å². The topological polar surface area (TPSA) is 81.7 Å². The van der Waals surface area contributed by atoms with Gasteiger partial charge in [0.05, 0.1) is 18.4 Å². The van der Waals surface area contributed by atoms with Crippen LogP contribution in [0.25, 0.3) is 11.1 Å². The molecule has 0 saturated carbocycles. The number of benzene rings is 2. The summed E-state index contributed by atoms with van der Waals surface area (Å²) in [5.41, 5.74) is 3.29. The average Bonchev–Trinajstić information content (AvgIpc) is 3.22. The number of rotatable bonds is 6. The predicted molar refractivity (Wildman–Crippen MR) is 111 cm³/mol. The number of carbonyl (C=O) groups excluding carboxylic acids is 3. The van der Waals surface area contributed by atoms with E-state index in [0.717, 1.165) is 16.7 Å². The summed E-state index contributed by atoms with van der Waals surface area (Å²) >= 11 is 1.25. The van der Waals surface area contributed by atoms with E-state index in [2.05, 4.69) is 5.32 Å². The van der Waals surface area contributed by atoms with E-state index in [4.69, 9.17) is 9.47 Å². The molecule has 2 aromatic carbocycles. The molecule has 0 atom stereocenters. The Balaban J connectivity index is 1.65. The van der Waals surface area contributed by atoms with Crippen molar-refractivity contribution in [2.45, 2.75) is 6.92 Å². The zero-order valence-electron chi connectivity index (χ0n) is 15.9. The lowest BCUT2D eigenvalue weighted by Gasteiger charge is -2.10. The largest absolute Gasteiger partial charge is 0.465 e. The van der Waals surface area contributed by atoms with Gasteiger partial charge >= 0.3 is 11.9 Å². The third-order valence-electron chi connectivity index (χ3n) is 4.15. The first kappa shape index (κ1) is 20.3. The number of thiophene rings is 1. The lowest BCUT2D eigenvalue weighted by atomic mass is 10.1. The van der Waals surface area contributed by atoms with E-state index in [9.17, 15) is 14.4 Å². The van der Waals surface area contributed by atoms with Crippen molar-refractivity contribution in [3.8, 4) is 11.1 Å². The van der Waals surface area contributed by atoms with Crippen LogP contribution in [0.1, 0.15) is 25.6 Å². The van der Waals surface area contributed by atoms with Crippen LogP contribution < -0.4 is 5.32 Å². The van der Waals surface area contributed by atoms with Gasteiger partial charge in [-0.05, 0) is 36.1 Å². The van der Waals surface area contributed by atoms with Crippen LogP contribution in [0.4, 0.5) is 5.69 Å². The zero-order chi connectivity index (χ0) is 20.8. The maximum atomic E-state index is 12.5. The predicted octanol–water partition coefficient (Wildman–Crippen LogP) is 4.31. The molecule has 3 rings (SSSR count). The fourth-order valence-corrected chi connectivity index (χ4v) is 3.50. The quantitative estimate of drug-likeness (QED) is 0.614. The van der Waals surface area contributed by atoms with E-state index in [1.54, 1.807) is 23.6 Å². The Morgan fingerprint density at radius 1 is 0.966 bits per heavy atom. The van der Waals surface area contributed by atoms with Crippen LogP contribution in [-0.4, -0.2) is 31.6 Å². The molecule has 1 amide bonds. The molecule has 148 valence electrons. The highest BCUT2D eigenvalue weighted by Crippen LogP contribution is 2.29. The van der Waals surface area contributed by atoms with Gasteiger partial charge < -0.3 is 14.8 Å². The van der Waals surface area contributed by atoms with Gasteiger partial charge in [-0.25, -0.2) is 9.59 Å². The molecule has 3 aromatic rings. The second kappa shape index (κ2) is 9.16. The van der Waals surface area contributed by atoms with Gasteiger partial charge in [0.25, 0.3) is 5.91 Å². The highest BCUT2D eigenvalue weighted by molar-refractivity contribution is 7.12. The summed E-state index contributed by atoms with van der Waals surface area (Å²) in [6, 6.07) is 16.1. The number of amides is 1. The van der Waals surface area contributed by atoms with Crippen LogP contribution in [0, 0.1) is 6.92 Å². The van der Waals surface area contributed by atoms with Gasteiger partial charge in [-0.2, -0.15) is 0 Å². The number of aryl methyl sites for hydroxylation is 1. The van der Waals surface area contributed by atoms with Crippen LogP contribution in [0.5, 0.6) is 0 Å².